The smallest absolute Gasteiger partial charge is 0.272 e. The summed E-state index contributed by atoms with van der Waals surface area (Å²) in [7, 11) is 0. The monoisotopic (exact) mass is 602 g/mol. The summed E-state index contributed by atoms with van der Waals surface area (Å²) in [5, 5.41) is 14.7. The Labute approximate surface area is 248 Å². The number of nitrogens with two attached hydrogens (primary N) is 1. The molecule has 3 aromatic rings. The Bertz CT molecular complexity index is 1410. The van der Waals surface area contributed by atoms with E-state index in [0.29, 0.717) is 62.7 Å². The van der Waals surface area contributed by atoms with Gasteiger partial charge < -0.3 is 15.8 Å². The third-order valence-corrected chi connectivity index (χ3v) is 8.65. The van der Waals surface area contributed by atoms with Crippen LogP contribution < -0.4 is 11.1 Å². The number of nitrogens with zero attached hydrogens (tertiary/aromatic N) is 6. The summed E-state index contributed by atoms with van der Waals surface area (Å²) >= 11 is 0. The number of ether oxygens (including phenoxy) is 1. The van der Waals surface area contributed by atoms with Crippen LogP contribution in [0.1, 0.15) is 98.0 Å². The average Bonchev–Trinajstić information content (AvgIpc) is 3.63. The number of piperidine rings is 1. The third kappa shape index (κ3) is 7.70. The number of halogens is 2. The van der Waals surface area contributed by atoms with Crippen molar-refractivity contribution in [1.29, 1.82) is 0 Å². The maximum absolute atomic E-state index is 13.5. The second kappa shape index (κ2) is 13.4. The van der Waals surface area contributed by atoms with Crippen LogP contribution in [0.4, 0.5) is 8.78 Å². The summed E-state index contributed by atoms with van der Waals surface area (Å²) in [6.45, 7) is 6.12. The van der Waals surface area contributed by atoms with Crippen molar-refractivity contribution in [2.45, 2.75) is 89.9 Å². The van der Waals surface area contributed by atoms with E-state index in [0.717, 1.165) is 42.9 Å². The molecule has 6 rings (SSSR count). The Hall–Kier alpha value is -3.55. The van der Waals surface area contributed by atoms with E-state index in [9.17, 15) is 18.4 Å². The first kappa shape index (κ1) is 30.9. The number of amides is 2. The van der Waals surface area contributed by atoms with Gasteiger partial charge in [-0.05, 0) is 61.9 Å². The second-order valence-corrected chi connectivity index (χ2v) is 12.1. The molecule has 0 bridgehead atoms. The highest BCUT2D eigenvalue weighted by molar-refractivity contribution is 5.91. The minimum Gasteiger partial charge on any atom is -0.381 e. The molecule has 2 saturated heterocycles. The summed E-state index contributed by atoms with van der Waals surface area (Å²) in [6, 6.07) is 0. The maximum atomic E-state index is 13.5. The number of carbonyl (C=O) groups is 2. The van der Waals surface area contributed by atoms with Gasteiger partial charge in [-0.1, -0.05) is 19.0 Å². The standard InChI is InChI=1S/C24H33F2N5O2.C5H7N3O2/c1-15-10-18(22(32)27-13-15)12-20-21(17-4-8-33-9-5-17)29-23-28-19(14-31(23)30-20)11-16-2-6-24(25,26)7-3-16;1-2-3-4(5(6)9)8-10-7-3/h14-18H,2-13H2,1H3,(H,27,32);2H2,1H3,(H2,6,9). The zero-order chi connectivity index (χ0) is 30.6. The molecule has 2 aliphatic heterocycles. The molecule has 14 heteroatoms. The normalized spacial score (nSPS) is 23.0. The first-order valence-electron chi connectivity index (χ1n) is 15.2. The van der Waals surface area contributed by atoms with Crippen LogP contribution in [0.2, 0.25) is 0 Å². The predicted octanol–water partition coefficient (Wildman–Crippen LogP) is 3.43. The molecule has 0 aromatic carbocycles. The van der Waals surface area contributed by atoms with Gasteiger partial charge in [0.1, 0.15) is 5.69 Å². The average molecular weight is 603 g/mol. The Morgan fingerprint density at radius 3 is 2.53 bits per heavy atom. The molecule has 2 atom stereocenters. The zero-order valence-corrected chi connectivity index (χ0v) is 24.7. The van der Waals surface area contributed by atoms with Gasteiger partial charge in [-0.2, -0.15) is 5.10 Å². The minimum absolute atomic E-state index is 0.0402. The van der Waals surface area contributed by atoms with E-state index in [-0.39, 0.29) is 42.2 Å². The molecule has 0 radical (unpaired) electrons. The molecule has 2 amide bonds. The van der Waals surface area contributed by atoms with Crippen molar-refractivity contribution >= 4 is 17.6 Å². The number of hydrogen-bond acceptors (Lipinski definition) is 9. The lowest BCUT2D eigenvalue weighted by Crippen LogP contribution is -2.41. The number of nitrogens with one attached hydrogen (secondary N) is 1. The van der Waals surface area contributed by atoms with Crippen molar-refractivity contribution in [3.05, 3.63) is 34.7 Å². The van der Waals surface area contributed by atoms with Crippen LogP contribution >= 0.6 is 0 Å². The highest BCUT2D eigenvalue weighted by Gasteiger charge is 2.35. The lowest BCUT2D eigenvalue weighted by Gasteiger charge is -2.28. The van der Waals surface area contributed by atoms with Crippen molar-refractivity contribution in [2.75, 3.05) is 19.8 Å². The summed E-state index contributed by atoms with van der Waals surface area (Å²) in [5.74, 6) is -1.67. The van der Waals surface area contributed by atoms with Gasteiger partial charge in [-0.3, -0.25) is 9.59 Å². The minimum atomic E-state index is -2.52. The number of hydrogen-bond donors (Lipinski definition) is 2. The highest BCUT2D eigenvalue weighted by Crippen LogP contribution is 2.37. The van der Waals surface area contributed by atoms with E-state index in [4.69, 9.17) is 25.5 Å². The fourth-order valence-electron chi connectivity index (χ4n) is 6.18. The van der Waals surface area contributed by atoms with Gasteiger partial charge >= 0.3 is 0 Å². The van der Waals surface area contributed by atoms with E-state index in [2.05, 4.69) is 27.2 Å². The quantitative estimate of drug-likeness (QED) is 0.412. The molecular formula is C29H40F2N8O4. The summed E-state index contributed by atoms with van der Waals surface area (Å²) in [5.41, 5.74) is 8.22. The van der Waals surface area contributed by atoms with Crippen molar-refractivity contribution in [3.8, 4) is 0 Å². The molecule has 1 aliphatic carbocycles. The topological polar surface area (TPSA) is 163 Å². The zero-order valence-electron chi connectivity index (χ0n) is 24.7. The Kier molecular flexibility index (Phi) is 9.62. The van der Waals surface area contributed by atoms with Crippen LogP contribution in [0, 0.1) is 17.8 Å². The lowest BCUT2D eigenvalue weighted by molar-refractivity contribution is -0.127. The van der Waals surface area contributed by atoms with E-state index >= 15 is 0 Å². The number of carbonyl (C=O) groups excluding carboxylic acids is 2. The van der Waals surface area contributed by atoms with E-state index in [1.165, 1.54) is 0 Å². The van der Waals surface area contributed by atoms with Crippen LogP contribution in [-0.4, -0.2) is 67.4 Å². The van der Waals surface area contributed by atoms with Crippen molar-refractivity contribution in [3.63, 3.8) is 0 Å². The van der Waals surface area contributed by atoms with E-state index in [1.54, 1.807) is 4.52 Å². The van der Waals surface area contributed by atoms with Gasteiger partial charge in [0.25, 0.3) is 11.7 Å². The Morgan fingerprint density at radius 1 is 1.12 bits per heavy atom. The SMILES string of the molecule is CC1CNC(=O)C(Cc2nn3cc(CC4CCC(F)(F)CC4)nc3nc2C2CCOCC2)C1.CCc1nonc1C(N)=O. The largest absolute Gasteiger partial charge is 0.381 e. The molecule has 5 heterocycles. The number of alkyl halides is 2. The fraction of sp³-hybridized carbons (Fsp3) is 0.690. The van der Waals surface area contributed by atoms with E-state index in [1.807, 2.05) is 13.1 Å². The molecular weight excluding hydrogens is 562 g/mol. The van der Waals surface area contributed by atoms with Crippen molar-refractivity contribution in [2.24, 2.45) is 23.5 Å². The molecule has 43 heavy (non-hydrogen) atoms. The molecule has 2 unspecified atom stereocenters. The number of primary amides is 1. The van der Waals surface area contributed by atoms with Crippen molar-refractivity contribution < 1.29 is 27.7 Å². The summed E-state index contributed by atoms with van der Waals surface area (Å²) in [6.07, 6.45) is 7.30. The second-order valence-electron chi connectivity index (χ2n) is 12.1. The first-order chi connectivity index (χ1) is 20.6. The molecule has 3 N–H and O–H groups in total. The van der Waals surface area contributed by atoms with Crippen LogP contribution in [0.3, 0.4) is 0 Å². The number of imidazole rings is 1. The van der Waals surface area contributed by atoms with Gasteiger partial charge in [0.05, 0.1) is 23.3 Å². The van der Waals surface area contributed by atoms with Gasteiger partial charge in [-0.25, -0.2) is 27.9 Å². The number of fused-ring (bicyclic) bond motifs is 1. The molecule has 3 fully saturated rings. The van der Waals surface area contributed by atoms with Gasteiger partial charge in [0.2, 0.25) is 11.8 Å². The Morgan fingerprint density at radius 2 is 1.86 bits per heavy atom. The lowest BCUT2D eigenvalue weighted by atomic mass is 9.84. The molecule has 3 aliphatic rings. The maximum Gasteiger partial charge on any atom is 0.272 e. The molecule has 12 nitrogen and oxygen atoms in total. The molecule has 3 aromatic heterocycles. The molecule has 234 valence electrons. The molecule has 1 saturated carbocycles. The van der Waals surface area contributed by atoms with E-state index < -0.39 is 11.8 Å². The summed E-state index contributed by atoms with van der Waals surface area (Å²) in [4.78, 5) is 32.6. The van der Waals surface area contributed by atoms with Gasteiger partial charge in [-0.15, -0.1) is 0 Å². The third-order valence-electron chi connectivity index (χ3n) is 8.65. The number of aromatic nitrogens is 6. The molecule has 0 spiro atoms. The van der Waals surface area contributed by atoms with Crippen LogP contribution in [0.5, 0.6) is 0 Å². The van der Waals surface area contributed by atoms with Gasteiger partial charge in [0, 0.05) is 50.9 Å². The highest BCUT2D eigenvalue weighted by atomic mass is 19.3. The van der Waals surface area contributed by atoms with Crippen LogP contribution in [0.15, 0.2) is 10.8 Å². The van der Waals surface area contributed by atoms with Gasteiger partial charge in [0.15, 0.2) is 5.69 Å². The first-order valence-corrected chi connectivity index (χ1v) is 15.2. The van der Waals surface area contributed by atoms with Crippen LogP contribution in [0.25, 0.3) is 5.78 Å². The Balaban J connectivity index is 0.000000314. The fourth-order valence-corrected chi connectivity index (χ4v) is 6.18. The summed E-state index contributed by atoms with van der Waals surface area (Å²) < 4.78 is 38.6. The van der Waals surface area contributed by atoms with Crippen molar-refractivity contribution in [1.82, 2.24) is 35.2 Å². The number of rotatable bonds is 7. The number of aryl methyl sites for hydroxylation is 1. The van der Waals surface area contributed by atoms with Crippen LogP contribution in [-0.2, 0) is 28.8 Å². The predicted molar refractivity (Wildman–Crippen MR) is 150 cm³/mol.